The largest absolute Gasteiger partial charge is 0.491 e. The van der Waals surface area contributed by atoms with E-state index in [-0.39, 0.29) is 13.2 Å². The van der Waals surface area contributed by atoms with Crippen LogP contribution in [0.5, 0.6) is 5.75 Å². The second-order valence-corrected chi connectivity index (χ2v) is 3.89. The Morgan fingerprint density at radius 3 is 2.60 bits per heavy atom. The van der Waals surface area contributed by atoms with Gasteiger partial charge in [-0.15, -0.1) is 0 Å². The lowest BCUT2D eigenvalue weighted by Crippen LogP contribution is -2.26. The van der Waals surface area contributed by atoms with Crippen molar-refractivity contribution in [3.8, 4) is 5.75 Å². The fourth-order valence-corrected chi connectivity index (χ4v) is 1.34. The summed E-state index contributed by atoms with van der Waals surface area (Å²) in [7, 11) is 0. The van der Waals surface area contributed by atoms with E-state index >= 15 is 0 Å². The summed E-state index contributed by atoms with van der Waals surface area (Å²) in [6, 6.07) is 7.87. The topological polar surface area (TPSA) is 55.5 Å². The van der Waals surface area contributed by atoms with E-state index in [2.05, 4.69) is 13.8 Å². The van der Waals surface area contributed by atoms with Crippen molar-refractivity contribution < 1.29 is 9.84 Å². The normalized spacial score (nSPS) is 12.9. The molecule has 15 heavy (non-hydrogen) atoms. The first kappa shape index (κ1) is 12.0. The van der Waals surface area contributed by atoms with Crippen LogP contribution < -0.4 is 10.5 Å². The van der Waals surface area contributed by atoms with E-state index in [4.69, 9.17) is 10.5 Å². The molecule has 0 spiro atoms. The molecule has 0 saturated heterocycles. The van der Waals surface area contributed by atoms with Gasteiger partial charge in [0.1, 0.15) is 18.5 Å². The molecule has 0 bridgehead atoms. The van der Waals surface area contributed by atoms with Crippen molar-refractivity contribution in [3.63, 3.8) is 0 Å². The summed E-state index contributed by atoms with van der Waals surface area (Å²) >= 11 is 0. The van der Waals surface area contributed by atoms with Gasteiger partial charge in [0.2, 0.25) is 0 Å². The highest BCUT2D eigenvalue weighted by molar-refractivity contribution is 5.35. The van der Waals surface area contributed by atoms with Crippen LogP contribution in [-0.4, -0.2) is 24.4 Å². The summed E-state index contributed by atoms with van der Waals surface area (Å²) in [5, 5.41) is 9.30. The summed E-state index contributed by atoms with van der Waals surface area (Å²) in [5.41, 5.74) is 6.46. The van der Waals surface area contributed by atoms with Gasteiger partial charge < -0.3 is 15.6 Å². The molecule has 0 aromatic heterocycles. The molecular weight excluding hydrogens is 190 g/mol. The van der Waals surface area contributed by atoms with Crippen LogP contribution in [0.3, 0.4) is 0 Å². The van der Waals surface area contributed by atoms with Crippen molar-refractivity contribution in [2.75, 3.05) is 13.2 Å². The monoisotopic (exact) mass is 209 g/mol. The van der Waals surface area contributed by atoms with Crippen LogP contribution in [0, 0.1) is 0 Å². The van der Waals surface area contributed by atoms with E-state index in [1.54, 1.807) is 0 Å². The molecule has 0 aliphatic rings. The number of aliphatic hydroxyl groups excluding tert-OH is 1. The number of hydrogen-bond donors (Lipinski definition) is 2. The van der Waals surface area contributed by atoms with Crippen molar-refractivity contribution in [2.45, 2.75) is 25.9 Å². The van der Waals surface area contributed by atoms with E-state index in [9.17, 15) is 5.11 Å². The third-order valence-electron chi connectivity index (χ3n) is 2.24. The maximum Gasteiger partial charge on any atom is 0.122 e. The van der Waals surface area contributed by atoms with Gasteiger partial charge in [0, 0.05) is 6.54 Å². The molecule has 0 saturated carbocycles. The Bertz CT molecular complexity index is 299. The summed E-state index contributed by atoms with van der Waals surface area (Å²) in [4.78, 5) is 0. The minimum absolute atomic E-state index is 0.226. The van der Waals surface area contributed by atoms with Gasteiger partial charge in [0.05, 0.1) is 0 Å². The number of nitrogens with two attached hydrogens (primary N) is 1. The highest BCUT2D eigenvalue weighted by atomic mass is 16.5. The minimum Gasteiger partial charge on any atom is -0.491 e. The Labute approximate surface area is 90.9 Å². The number of benzene rings is 1. The van der Waals surface area contributed by atoms with Crippen LogP contribution >= 0.6 is 0 Å². The molecule has 3 heteroatoms. The standard InChI is InChI=1S/C12H19NO2/c1-9(2)11-5-3-4-6-12(11)15-8-10(14)7-13/h3-6,9-10,14H,7-8,13H2,1-2H3. The molecule has 3 nitrogen and oxygen atoms in total. The number of para-hydroxylation sites is 1. The second kappa shape index (κ2) is 5.73. The van der Waals surface area contributed by atoms with Crippen LogP contribution in [0.15, 0.2) is 24.3 Å². The molecule has 0 heterocycles. The third kappa shape index (κ3) is 3.53. The first-order valence-corrected chi connectivity index (χ1v) is 5.25. The second-order valence-electron chi connectivity index (χ2n) is 3.89. The first-order valence-electron chi connectivity index (χ1n) is 5.25. The molecule has 1 unspecified atom stereocenters. The lowest BCUT2D eigenvalue weighted by molar-refractivity contribution is 0.113. The zero-order chi connectivity index (χ0) is 11.3. The van der Waals surface area contributed by atoms with Gasteiger partial charge in [-0.2, -0.15) is 0 Å². The summed E-state index contributed by atoms with van der Waals surface area (Å²) in [6.07, 6.45) is -0.592. The molecule has 0 amide bonds. The van der Waals surface area contributed by atoms with Crippen molar-refractivity contribution >= 4 is 0 Å². The molecule has 1 aromatic carbocycles. The quantitative estimate of drug-likeness (QED) is 0.772. The average Bonchev–Trinajstić information content (AvgIpc) is 2.26. The average molecular weight is 209 g/mol. The van der Waals surface area contributed by atoms with Crippen molar-refractivity contribution in [1.82, 2.24) is 0 Å². The molecule has 0 fully saturated rings. The van der Waals surface area contributed by atoms with E-state index in [1.807, 2.05) is 24.3 Å². The number of rotatable bonds is 5. The number of aliphatic hydroxyl groups is 1. The van der Waals surface area contributed by atoms with Gasteiger partial charge in [-0.25, -0.2) is 0 Å². The Morgan fingerprint density at radius 2 is 2.00 bits per heavy atom. The Kier molecular flexibility index (Phi) is 4.59. The molecule has 0 radical (unpaired) electrons. The van der Waals surface area contributed by atoms with E-state index in [0.29, 0.717) is 5.92 Å². The van der Waals surface area contributed by atoms with Gasteiger partial charge in [-0.05, 0) is 17.5 Å². The Balaban J connectivity index is 2.67. The number of hydrogen-bond acceptors (Lipinski definition) is 3. The minimum atomic E-state index is -0.592. The number of ether oxygens (including phenoxy) is 1. The maximum atomic E-state index is 9.30. The maximum absolute atomic E-state index is 9.30. The SMILES string of the molecule is CC(C)c1ccccc1OCC(O)CN. The highest BCUT2D eigenvalue weighted by Crippen LogP contribution is 2.25. The molecule has 3 N–H and O–H groups in total. The summed E-state index contributed by atoms with van der Waals surface area (Å²) in [5.74, 6) is 1.25. The first-order chi connectivity index (χ1) is 7.15. The molecule has 0 aliphatic carbocycles. The third-order valence-corrected chi connectivity index (χ3v) is 2.24. The zero-order valence-electron chi connectivity index (χ0n) is 9.31. The van der Waals surface area contributed by atoms with Crippen LogP contribution in [0.1, 0.15) is 25.3 Å². The van der Waals surface area contributed by atoms with Crippen molar-refractivity contribution in [1.29, 1.82) is 0 Å². The fourth-order valence-electron chi connectivity index (χ4n) is 1.34. The molecule has 1 atom stereocenters. The van der Waals surface area contributed by atoms with Gasteiger partial charge in [-0.3, -0.25) is 0 Å². The molecule has 0 aliphatic heterocycles. The Morgan fingerprint density at radius 1 is 1.33 bits per heavy atom. The predicted octanol–water partition coefficient (Wildman–Crippen LogP) is 1.51. The summed E-state index contributed by atoms with van der Waals surface area (Å²) in [6.45, 7) is 4.70. The van der Waals surface area contributed by atoms with E-state index in [1.165, 1.54) is 0 Å². The fraction of sp³-hybridized carbons (Fsp3) is 0.500. The van der Waals surface area contributed by atoms with Crippen LogP contribution in [0.4, 0.5) is 0 Å². The van der Waals surface area contributed by atoms with Crippen LogP contribution in [-0.2, 0) is 0 Å². The van der Waals surface area contributed by atoms with E-state index in [0.717, 1.165) is 11.3 Å². The van der Waals surface area contributed by atoms with Crippen LogP contribution in [0.25, 0.3) is 0 Å². The molecule has 1 rings (SSSR count). The zero-order valence-corrected chi connectivity index (χ0v) is 9.31. The summed E-state index contributed by atoms with van der Waals surface area (Å²) < 4.78 is 5.52. The molecular formula is C12H19NO2. The highest BCUT2D eigenvalue weighted by Gasteiger charge is 2.08. The van der Waals surface area contributed by atoms with Gasteiger partial charge in [-0.1, -0.05) is 32.0 Å². The molecule has 84 valence electrons. The Hall–Kier alpha value is -1.06. The van der Waals surface area contributed by atoms with E-state index < -0.39 is 6.10 Å². The van der Waals surface area contributed by atoms with Gasteiger partial charge in [0.15, 0.2) is 0 Å². The van der Waals surface area contributed by atoms with Gasteiger partial charge in [0.25, 0.3) is 0 Å². The van der Waals surface area contributed by atoms with Gasteiger partial charge >= 0.3 is 0 Å². The lowest BCUT2D eigenvalue weighted by atomic mass is 10.0. The lowest BCUT2D eigenvalue weighted by Gasteiger charge is -2.15. The van der Waals surface area contributed by atoms with Crippen molar-refractivity contribution in [2.24, 2.45) is 5.73 Å². The predicted molar refractivity (Wildman–Crippen MR) is 61.1 cm³/mol. The van der Waals surface area contributed by atoms with Crippen LogP contribution in [0.2, 0.25) is 0 Å². The smallest absolute Gasteiger partial charge is 0.122 e. The molecule has 1 aromatic rings. The van der Waals surface area contributed by atoms with Crippen molar-refractivity contribution in [3.05, 3.63) is 29.8 Å².